The van der Waals surface area contributed by atoms with Crippen LogP contribution in [0.3, 0.4) is 0 Å². The maximum Gasteiger partial charge on any atom is 0.00340 e. The molecular weight excluding hydrogens is 174 g/mol. The van der Waals surface area contributed by atoms with E-state index >= 15 is 0 Å². The van der Waals surface area contributed by atoms with Gasteiger partial charge in [-0.2, -0.15) is 0 Å². The number of hydrogen-bond acceptors (Lipinski definition) is 3. The Morgan fingerprint density at radius 1 is 1.07 bits per heavy atom. The van der Waals surface area contributed by atoms with Crippen LogP contribution < -0.4 is 10.6 Å². The summed E-state index contributed by atoms with van der Waals surface area (Å²) < 4.78 is 0. The highest BCUT2D eigenvalue weighted by Gasteiger charge is 2.39. The summed E-state index contributed by atoms with van der Waals surface area (Å²) in [6.07, 6.45) is 2.86. The van der Waals surface area contributed by atoms with Gasteiger partial charge in [0.15, 0.2) is 0 Å². The van der Waals surface area contributed by atoms with E-state index in [4.69, 9.17) is 0 Å². The van der Waals surface area contributed by atoms with Crippen LogP contribution in [0.15, 0.2) is 0 Å². The summed E-state index contributed by atoms with van der Waals surface area (Å²) in [5, 5.41) is 6.77. The van der Waals surface area contributed by atoms with E-state index < -0.39 is 0 Å². The summed E-state index contributed by atoms with van der Waals surface area (Å²) in [5.74, 6) is 0.948. The van der Waals surface area contributed by atoms with E-state index in [1.165, 1.54) is 58.7 Å². The predicted molar refractivity (Wildman–Crippen MR) is 57.3 cm³/mol. The monoisotopic (exact) mass is 195 g/mol. The lowest BCUT2D eigenvalue weighted by Crippen LogP contribution is -2.59. The fourth-order valence-corrected chi connectivity index (χ4v) is 2.88. The van der Waals surface area contributed by atoms with Crippen molar-refractivity contribution in [3.05, 3.63) is 0 Å². The van der Waals surface area contributed by atoms with Crippen molar-refractivity contribution in [3.8, 4) is 0 Å². The Hall–Kier alpha value is -0.120. The molecule has 3 rings (SSSR count). The predicted octanol–water partition coefficient (Wildman–Crippen LogP) is -0.109. The standard InChI is InChI=1S/C11H21N3/c1-3-14(7-10-5-12-6-10)4-2-11(1)8-13-9-11/h10,12-13H,1-9H2. The minimum atomic E-state index is 0.717. The van der Waals surface area contributed by atoms with Crippen molar-refractivity contribution in [2.24, 2.45) is 11.3 Å². The van der Waals surface area contributed by atoms with Gasteiger partial charge in [0.05, 0.1) is 0 Å². The Morgan fingerprint density at radius 3 is 2.21 bits per heavy atom. The Morgan fingerprint density at radius 2 is 1.79 bits per heavy atom. The van der Waals surface area contributed by atoms with Crippen molar-refractivity contribution in [1.29, 1.82) is 0 Å². The molecule has 14 heavy (non-hydrogen) atoms. The molecule has 0 aromatic heterocycles. The van der Waals surface area contributed by atoms with E-state index in [9.17, 15) is 0 Å². The van der Waals surface area contributed by atoms with Gasteiger partial charge in [-0.3, -0.25) is 0 Å². The zero-order valence-electron chi connectivity index (χ0n) is 8.89. The number of rotatable bonds is 2. The lowest BCUT2D eigenvalue weighted by atomic mass is 9.73. The minimum absolute atomic E-state index is 0.717. The molecule has 3 fully saturated rings. The van der Waals surface area contributed by atoms with Crippen molar-refractivity contribution in [2.75, 3.05) is 45.8 Å². The van der Waals surface area contributed by atoms with Gasteiger partial charge in [-0.15, -0.1) is 0 Å². The topological polar surface area (TPSA) is 27.3 Å². The number of hydrogen-bond donors (Lipinski definition) is 2. The third kappa shape index (κ3) is 1.58. The van der Waals surface area contributed by atoms with Crippen LogP contribution in [0, 0.1) is 11.3 Å². The van der Waals surface area contributed by atoms with Crippen LogP contribution >= 0.6 is 0 Å². The van der Waals surface area contributed by atoms with Crippen LogP contribution in [0.5, 0.6) is 0 Å². The van der Waals surface area contributed by atoms with Gasteiger partial charge in [0.1, 0.15) is 0 Å². The number of likely N-dealkylation sites (tertiary alicyclic amines) is 1. The summed E-state index contributed by atoms with van der Waals surface area (Å²) in [4.78, 5) is 2.68. The molecule has 0 aliphatic carbocycles. The molecule has 0 aromatic rings. The molecule has 3 saturated heterocycles. The van der Waals surface area contributed by atoms with Gasteiger partial charge in [0, 0.05) is 32.7 Å². The van der Waals surface area contributed by atoms with Crippen LogP contribution in [0.4, 0.5) is 0 Å². The van der Waals surface area contributed by atoms with Crippen molar-refractivity contribution < 1.29 is 0 Å². The highest BCUT2D eigenvalue weighted by molar-refractivity contribution is 4.96. The summed E-state index contributed by atoms with van der Waals surface area (Å²) in [5.41, 5.74) is 0.717. The Balaban J connectivity index is 1.45. The molecule has 80 valence electrons. The normalized spacial score (nSPS) is 32.6. The van der Waals surface area contributed by atoms with E-state index in [1.807, 2.05) is 0 Å². The second-order valence-corrected chi connectivity index (χ2v) is 5.43. The molecule has 0 bridgehead atoms. The lowest BCUT2D eigenvalue weighted by molar-refractivity contribution is 0.0439. The molecule has 3 nitrogen and oxygen atoms in total. The van der Waals surface area contributed by atoms with Gasteiger partial charge >= 0.3 is 0 Å². The molecule has 0 amide bonds. The van der Waals surface area contributed by atoms with E-state index in [-0.39, 0.29) is 0 Å². The molecule has 0 radical (unpaired) electrons. The van der Waals surface area contributed by atoms with Gasteiger partial charge in [0.25, 0.3) is 0 Å². The highest BCUT2D eigenvalue weighted by Crippen LogP contribution is 2.35. The van der Waals surface area contributed by atoms with Crippen molar-refractivity contribution in [1.82, 2.24) is 15.5 Å². The summed E-state index contributed by atoms with van der Waals surface area (Å²) >= 11 is 0. The largest absolute Gasteiger partial charge is 0.316 e. The van der Waals surface area contributed by atoms with Gasteiger partial charge in [-0.1, -0.05) is 0 Å². The first-order chi connectivity index (χ1) is 6.86. The summed E-state index contributed by atoms with van der Waals surface area (Å²) in [6.45, 7) is 9.11. The van der Waals surface area contributed by atoms with E-state index in [0.29, 0.717) is 5.41 Å². The molecule has 3 heterocycles. The number of nitrogens with one attached hydrogen (secondary N) is 2. The van der Waals surface area contributed by atoms with E-state index in [2.05, 4.69) is 15.5 Å². The van der Waals surface area contributed by atoms with E-state index in [0.717, 1.165) is 5.92 Å². The SMILES string of the molecule is C1NCC1CN1CCC2(CC1)CNC2. The smallest absolute Gasteiger partial charge is 0.00340 e. The van der Waals surface area contributed by atoms with Gasteiger partial charge in [-0.05, 0) is 37.3 Å². The third-order valence-electron chi connectivity index (χ3n) is 4.30. The maximum atomic E-state index is 3.42. The fourth-order valence-electron chi connectivity index (χ4n) is 2.88. The van der Waals surface area contributed by atoms with Gasteiger partial charge in [0.2, 0.25) is 0 Å². The van der Waals surface area contributed by atoms with Gasteiger partial charge < -0.3 is 15.5 Å². The average Bonchev–Trinajstić information content (AvgIpc) is 2.10. The molecule has 3 aliphatic rings. The van der Waals surface area contributed by atoms with Crippen molar-refractivity contribution >= 4 is 0 Å². The Bertz CT molecular complexity index is 199. The van der Waals surface area contributed by atoms with E-state index in [1.54, 1.807) is 0 Å². The van der Waals surface area contributed by atoms with Crippen molar-refractivity contribution in [3.63, 3.8) is 0 Å². The second-order valence-electron chi connectivity index (χ2n) is 5.43. The quantitative estimate of drug-likeness (QED) is 0.644. The molecule has 0 unspecified atom stereocenters. The molecule has 1 spiro atoms. The molecule has 0 aromatic carbocycles. The molecule has 0 saturated carbocycles. The summed E-state index contributed by atoms with van der Waals surface area (Å²) in [7, 11) is 0. The van der Waals surface area contributed by atoms with Gasteiger partial charge in [-0.25, -0.2) is 0 Å². The third-order valence-corrected chi connectivity index (χ3v) is 4.30. The van der Waals surface area contributed by atoms with Crippen LogP contribution in [0.2, 0.25) is 0 Å². The minimum Gasteiger partial charge on any atom is -0.316 e. The summed E-state index contributed by atoms with van der Waals surface area (Å²) in [6, 6.07) is 0. The zero-order chi connectivity index (χ0) is 9.43. The highest BCUT2D eigenvalue weighted by atomic mass is 15.2. The number of nitrogens with zero attached hydrogens (tertiary/aromatic N) is 1. The molecular formula is C11H21N3. The molecule has 3 heteroatoms. The average molecular weight is 195 g/mol. The fraction of sp³-hybridized carbons (Fsp3) is 1.00. The molecule has 3 aliphatic heterocycles. The number of piperidine rings is 1. The maximum absolute atomic E-state index is 3.42. The van der Waals surface area contributed by atoms with Crippen LogP contribution in [0.25, 0.3) is 0 Å². The Kier molecular flexibility index (Phi) is 2.26. The van der Waals surface area contributed by atoms with Crippen molar-refractivity contribution in [2.45, 2.75) is 12.8 Å². The molecule has 2 N–H and O–H groups in total. The second kappa shape index (κ2) is 3.47. The first kappa shape index (κ1) is 9.13. The Labute approximate surface area is 86.2 Å². The zero-order valence-corrected chi connectivity index (χ0v) is 8.89. The lowest BCUT2D eigenvalue weighted by Gasteiger charge is -2.49. The molecule has 0 atom stereocenters. The first-order valence-corrected chi connectivity index (χ1v) is 6.00. The first-order valence-electron chi connectivity index (χ1n) is 6.00. The van der Waals surface area contributed by atoms with Crippen LogP contribution in [-0.2, 0) is 0 Å². The van der Waals surface area contributed by atoms with Crippen LogP contribution in [-0.4, -0.2) is 50.7 Å². The van der Waals surface area contributed by atoms with Crippen LogP contribution in [0.1, 0.15) is 12.8 Å².